The molecule has 0 aliphatic heterocycles. The van der Waals surface area contributed by atoms with Crippen molar-refractivity contribution in [2.45, 2.75) is 38.5 Å². The Kier molecular flexibility index (Phi) is 4.56. The topological polar surface area (TPSA) is 65.0 Å². The summed E-state index contributed by atoms with van der Waals surface area (Å²) in [5.41, 5.74) is 4.95. The van der Waals surface area contributed by atoms with E-state index in [1.54, 1.807) is 21.0 Å². The molecule has 6 heteroatoms. The summed E-state index contributed by atoms with van der Waals surface area (Å²) in [5, 5.41) is 3.97. The second kappa shape index (κ2) is 6.52. The SMILES string of the molecule is COc1ccc2c(c1)/C(=N/OS(=O)(=O)c1c(C)cc(C)cc1C)CC2. The molecular formula is C19H21NO4S. The Morgan fingerprint density at radius 2 is 1.68 bits per heavy atom. The van der Waals surface area contributed by atoms with Gasteiger partial charge in [0, 0.05) is 5.56 Å². The van der Waals surface area contributed by atoms with E-state index in [-0.39, 0.29) is 4.90 Å². The first-order chi connectivity index (χ1) is 11.8. The predicted molar refractivity (Wildman–Crippen MR) is 96.8 cm³/mol. The van der Waals surface area contributed by atoms with E-state index in [1.807, 2.05) is 37.3 Å². The van der Waals surface area contributed by atoms with Crippen molar-refractivity contribution in [3.05, 3.63) is 58.1 Å². The van der Waals surface area contributed by atoms with E-state index >= 15 is 0 Å². The van der Waals surface area contributed by atoms with Gasteiger partial charge in [-0.15, -0.1) is 0 Å². The third-order valence-electron chi connectivity index (χ3n) is 4.36. The standard InChI is InChI=1S/C19H21NO4S/c1-12-9-13(2)19(14(3)10-12)25(21,22)24-20-18-8-6-15-5-7-16(23-4)11-17(15)18/h5,7,9-11H,6,8H2,1-4H3/b20-18+. The van der Waals surface area contributed by atoms with E-state index in [4.69, 9.17) is 9.02 Å². The van der Waals surface area contributed by atoms with E-state index in [0.717, 1.165) is 23.1 Å². The molecule has 0 unspecified atom stereocenters. The summed E-state index contributed by atoms with van der Waals surface area (Å²) < 4.78 is 35.5. The monoisotopic (exact) mass is 359 g/mol. The molecule has 0 atom stereocenters. The van der Waals surface area contributed by atoms with E-state index in [9.17, 15) is 8.42 Å². The van der Waals surface area contributed by atoms with Crippen molar-refractivity contribution in [2.75, 3.05) is 7.11 Å². The zero-order chi connectivity index (χ0) is 18.2. The largest absolute Gasteiger partial charge is 0.497 e. The summed E-state index contributed by atoms with van der Waals surface area (Å²) in [5.74, 6) is 0.710. The molecular weight excluding hydrogens is 338 g/mol. The maximum Gasteiger partial charge on any atom is 0.359 e. The predicted octanol–water partition coefficient (Wildman–Crippen LogP) is 3.68. The highest BCUT2D eigenvalue weighted by molar-refractivity contribution is 7.86. The molecule has 5 nitrogen and oxygen atoms in total. The van der Waals surface area contributed by atoms with Crippen LogP contribution in [0, 0.1) is 20.8 Å². The van der Waals surface area contributed by atoms with Crippen molar-refractivity contribution < 1.29 is 17.4 Å². The lowest BCUT2D eigenvalue weighted by molar-refractivity contribution is 0.337. The molecule has 3 rings (SSSR count). The number of benzene rings is 2. The van der Waals surface area contributed by atoms with Gasteiger partial charge < -0.3 is 4.74 Å². The average molecular weight is 359 g/mol. The van der Waals surface area contributed by atoms with Gasteiger partial charge in [0.15, 0.2) is 0 Å². The van der Waals surface area contributed by atoms with Gasteiger partial charge in [0.05, 0.1) is 12.8 Å². The van der Waals surface area contributed by atoms with Crippen LogP contribution < -0.4 is 4.74 Å². The number of oxime groups is 1. The molecule has 2 aromatic rings. The lowest BCUT2D eigenvalue weighted by atomic mass is 10.1. The van der Waals surface area contributed by atoms with Crippen molar-refractivity contribution in [1.29, 1.82) is 0 Å². The lowest BCUT2D eigenvalue weighted by Gasteiger charge is -2.10. The zero-order valence-electron chi connectivity index (χ0n) is 14.8. The van der Waals surface area contributed by atoms with Gasteiger partial charge in [0.25, 0.3) is 0 Å². The first-order valence-electron chi connectivity index (χ1n) is 8.07. The highest BCUT2D eigenvalue weighted by Crippen LogP contribution is 2.28. The maximum atomic E-state index is 12.6. The van der Waals surface area contributed by atoms with Gasteiger partial charge in [0.1, 0.15) is 10.6 Å². The summed E-state index contributed by atoms with van der Waals surface area (Å²) in [7, 11) is -2.37. The number of hydrogen-bond donors (Lipinski definition) is 0. The molecule has 2 aromatic carbocycles. The Morgan fingerprint density at radius 3 is 2.32 bits per heavy atom. The zero-order valence-corrected chi connectivity index (χ0v) is 15.6. The highest BCUT2D eigenvalue weighted by atomic mass is 32.2. The molecule has 25 heavy (non-hydrogen) atoms. The maximum absolute atomic E-state index is 12.6. The third-order valence-corrected chi connectivity index (χ3v) is 5.77. The number of methoxy groups -OCH3 is 1. The van der Waals surface area contributed by atoms with E-state index < -0.39 is 10.1 Å². The summed E-state index contributed by atoms with van der Waals surface area (Å²) in [6, 6.07) is 9.37. The van der Waals surface area contributed by atoms with E-state index in [2.05, 4.69) is 5.16 Å². The van der Waals surface area contributed by atoms with Crippen LogP contribution in [0.25, 0.3) is 0 Å². The molecule has 132 valence electrons. The molecule has 0 fully saturated rings. The van der Waals surface area contributed by atoms with Crippen molar-refractivity contribution in [3.63, 3.8) is 0 Å². The van der Waals surface area contributed by atoms with Crippen molar-refractivity contribution in [3.8, 4) is 5.75 Å². The van der Waals surface area contributed by atoms with Crippen molar-refractivity contribution >= 4 is 15.8 Å². The number of hydrogen-bond acceptors (Lipinski definition) is 5. The van der Waals surface area contributed by atoms with Gasteiger partial charge in [-0.05, 0) is 62.4 Å². The molecule has 1 aliphatic rings. The summed E-state index contributed by atoms with van der Waals surface area (Å²) >= 11 is 0. The minimum Gasteiger partial charge on any atom is -0.497 e. The molecule has 0 saturated carbocycles. The minimum atomic E-state index is -3.96. The minimum absolute atomic E-state index is 0.186. The van der Waals surface area contributed by atoms with E-state index in [0.29, 0.717) is 29.0 Å². The van der Waals surface area contributed by atoms with Crippen molar-refractivity contribution in [2.24, 2.45) is 5.16 Å². The van der Waals surface area contributed by atoms with Gasteiger partial charge in [-0.3, -0.25) is 4.28 Å². The van der Waals surface area contributed by atoms with Crippen LogP contribution in [-0.2, 0) is 20.8 Å². The normalized spacial score (nSPS) is 15.3. The number of nitrogens with zero attached hydrogens (tertiary/aromatic N) is 1. The fourth-order valence-corrected chi connectivity index (χ4v) is 4.51. The Bertz CT molecular complexity index is 938. The van der Waals surface area contributed by atoms with Crippen molar-refractivity contribution in [1.82, 2.24) is 0 Å². The fraction of sp³-hybridized carbons (Fsp3) is 0.316. The molecule has 0 heterocycles. The van der Waals surface area contributed by atoms with Crippen LogP contribution in [0.2, 0.25) is 0 Å². The van der Waals surface area contributed by atoms with Gasteiger partial charge in [-0.1, -0.05) is 28.9 Å². The number of ether oxygens (including phenoxy) is 1. The van der Waals surface area contributed by atoms with Crippen LogP contribution in [0.4, 0.5) is 0 Å². The quantitative estimate of drug-likeness (QED) is 0.781. The van der Waals surface area contributed by atoms with E-state index in [1.165, 1.54) is 0 Å². The van der Waals surface area contributed by atoms with Gasteiger partial charge in [-0.2, -0.15) is 8.42 Å². The first kappa shape index (κ1) is 17.5. The molecule has 0 amide bonds. The Morgan fingerprint density at radius 1 is 1.00 bits per heavy atom. The summed E-state index contributed by atoms with van der Waals surface area (Å²) in [4.78, 5) is 0.186. The number of fused-ring (bicyclic) bond motifs is 1. The summed E-state index contributed by atoms with van der Waals surface area (Å²) in [6.07, 6.45) is 1.45. The Balaban J connectivity index is 1.93. The van der Waals surface area contributed by atoms with Crippen LogP contribution in [-0.4, -0.2) is 21.2 Å². The smallest absolute Gasteiger partial charge is 0.359 e. The second-order valence-corrected chi connectivity index (χ2v) is 7.78. The molecule has 0 spiro atoms. The van der Waals surface area contributed by atoms with Gasteiger partial charge >= 0.3 is 10.1 Å². The molecule has 0 N–H and O–H groups in total. The molecule has 0 bridgehead atoms. The van der Waals surface area contributed by atoms with Crippen LogP contribution in [0.1, 0.15) is 34.2 Å². The number of rotatable bonds is 4. The van der Waals surface area contributed by atoms with Crippen LogP contribution in [0.15, 0.2) is 40.4 Å². The lowest BCUT2D eigenvalue weighted by Crippen LogP contribution is -2.09. The molecule has 0 aromatic heterocycles. The van der Waals surface area contributed by atoms with Crippen LogP contribution in [0.3, 0.4) is 0 Å². The average Bonchev–Trinajstić information content (AvgIpc) is 2.93. The molecule has 1 aliphatic carbocycles. The highest BCUT2D eigenvalue weighted by Gasteiger charge is 2.24. The van der Waals surface area contributed by atoms with Gasteiger partial charge in [-0.25, -0.2) is 0 Å². The number of aryl methyl sites for hydroxylation is 4. The first-order valence-corrected chi connectivity index (χ1v) is 9.48. The molecule has 0 saturated heterocycles. The second-order valence-electron chi connectivity index (χ2n) is 6.32. The molecule has 0 radical (unpaired) electrons. The van der Waals surface area contributed by atoms with Crippen LogP contribution >= 0.6 is 0 Å². The third kappa shape index (κ3) is 3.39. The van der Waals surface area contributed by atoms with Gasteiger partial charge in [0.2, 0.25) is 0 Å². The van der Waals surface area contributed by atoms with Crippen LogP contribution in [0.5, 0.6) is 5.75 Å². The Labute approximate surface area is 148 Å². The summed E-state index contributed by atoms with van der Waals surface area (Å²) in [6.45, 7) is 5.46. The Hall–Kier alpha value is -2.34. The fourth-order valence-electron chi connectivity index (χ4n) is 3.34.